The highest BCUT2D eigenvalue weighted by molar-refractivity contribution is 5.94. The van der Waals surface area contributed by atoms with Crippen LogP contribution < -0.4 is 10.6 Å². The predicted molar refractivity (Wildman–Crippen MR) is 57.9 cm³/mol. The molecule has 0 saturated carbocycles. The minimum absolute atomic E-state index is 0.00354. The third-order valence-electron chi connectivity index (χ3n) is 1.86. The monoisotopic (exact) mass is 230 g/mol. The van der Waals surface area contributed by atoms with Crippen LogP contribution in [0.5, 0.6) is 0 Å². The Bertz CT molecular complexity index is 287. The first-order chi connectivity index (χ1) is 7.26. The predicted octanol–water partition coefficient (Wildman–Crippen LogP) is 0.723. The second kappa shape index (κ2) is 6.09. The summed E-state index contributed by atoms with van der Waals surface area (Å²) >= 11 is 0. The number of nitrogens with one attached hydrogen (secondary N) is 2. The van der Waals surface area contributed by atoms with Gasteiger partial charge in [0.1, 0.15) is 0 Å². The molecule has 0 radical (unpaired) electrons. The van der Waals surface area contributed by atoms with Gasteiger partial charge < -0.3 is 10.4 Å². The number of amides is 3. The van der Waals surface area contributed by atoms with Gasteiger partial charge in [-0.1, -0.05) is 13.8 Å². The highest BCUT2D eigenvalue weighted by Gasteiger charge is 2.25. The Morgan fingerprint density at radius 3 is 2.19 bits per heavy atom. The van der Waals surface area contributed by atoms with Crippen LogP contribution in [0.4, 0.5) is 4.79 Å². The van der Waals surface area contributed by atoms with Crippen molar-refractivity contribution in [1.29, 1.82) is 0 Å². The molecule has 0 aliphatic heterocycles. The molecule has 3 N–H and O–H groups in total. The van der Waals surface area contributed by atoms with E-state index in [0.29, 0.717) is 6.54 Å². The molecule has 0 aromatic carbocycles. The number of carboxylic acids is 1. The van der Waals surface area contributed by atoms with Crippen molar-refractivity contribution in [3.8, 4) is 0 Å². The molecule has 0 aromatic heterocycles. The third kappa shape index (κ3) is 6.80. The Kier molecular flexibility index (Phi) is 5.49. The first kappa shape index (κ1) is 14.4. The molecule has 0 aliphatic rings. The molecule has 0 rings (SSSR count). The zero-order valence-electron chi connectivity index (χ0n) is 9.79. The molecule has 3 amide bonds. The number of rotatable bonds is 5. The van der Waals surface area contributed by atoms with Crippen molar-refractivity contribution in [3.63, 3.8) is 0 Å². The summed E-state index contributed by atoms with van der Waals surface area (Å²) < 4.78 is 0. The summed E-state index contributed by atoms with van der Waals surface area (Å²) in [6, 6.07) is -0.557. The third-order valence-corrected chi connectivity index (χ3v) is 1.86. The molecule has 0 aliphatic carbocycles. The first-order valence-electron chi connectivity index (χ1n) is 5.06. The zero-order chi connectivity index (χ0) is 12.8. The van der Waals surface area contributed by atoms with Gasteiger partial charge in [-0.15, -0.1) is 0 Å². The first-order valence-corrected chi connectivity index (χ1v) is 5.06. The van der Waals surface area contributed by atoms with E-state index >= 15 is 0 Å². The summed E-state index contributed by atoms with van der Waals surface area (Å²) in [4.78, 5) is 32.9. The van der Waals surface area contributed by atoms with E-state index in [1.54, 1.807) is 20.8 Å². The summed E-state index contributed by atoms with van der Waals surface area (Å²) in [5.74, 6) is -1.44. The average molecular weight is 230 g/mol. The number of urea groups is 1. The topological polar surface area (TPSA) is 95.5 Å². The summed E-state index contributed by atoms with van der Waals surface area (Å²) in [7, 11) is 0. The number of imide groups is 1. The van der Waals surface area contributed by atoms with Crippen molar-refractivity contribution in [1.82, 2.24) is 10.6 Å². The van der Waals surface area contributed by atoms with Gasteiger partial charge in [0.25, 0.3) is 0 Å². The second-order valence-corrected chi connectivity index (χ2v) is 4.32. The van der Waals surface area contributed by atoms with Gasteiger partial charge in [0.15, 0.2) is 0 Å². The van der Waals surface area contributed by atoms with Gasteiger partial charge in [0.05, 0.1) is 6.42 Å². The standard InChI is InChI=1S/C10H18N2O4/c1-4-11-9(16)12-7(13)5-10(2,3)6-8(14)15/h4-6H2,1-3H3,(H,14,15)(H2,11,12,13,16). The second-order valence-electron chi connectivity index (χ2n) is 4.32. The lowest BCUT2D eigenvalue weighted by molar-refractivity contribution is -0.139. The Labute approximate surface area is 94.4 Å². The van der Waals surface area contributed by atoms with Crippen molar-refractivity contribution in [2.75, 3.05) is 6.54 Å². The Balaban J connectivity index is 4.13. The minimum atomic E-state index is -0.962. The molecule has 0 saturated heterocycles. The summed E-state index contributed by atoms with van der Waals surface area (Å²) in [6.45, 7) is 5.49. The smallest absolute Gasteiger partial charge is 0.321 e. The van der Waals surface area contributed by atoms with Gasteiger partial charge in [0, 0.05) is 13.0 Å². The zero-order valence-corrected chi connectivity index (χ0v) is 9.79. The summed E-state index contributed by atoms with van der Waals surface area (Å²) in [5.41, 5.74) is -0.664. The summed E-state index contributed by atoms with van der Waals surface area (Å²) in [5, 5.41) is 13.2. The van der Waals surface area contributed by atoms with Crippen LogP contribution in [0.2, 0.25) is 0 Å². The van der Waals surface area contributed by atoms with Crippen LogP contribution in [-0.4, -0.2) is 29.6 Å². The molecule has 0 aromatic rings. The summed E-state index contributed by atoms with van der Waals surface area (Å²) in [6.07, 6.45) is -0.119. The van der Waals surface area contributed by atoms with E-state index in [4.69, 9.17) is 5.11 Å². The van der Waals surface area contributed by atoms with Gasteiger partial charge in [-0.25, -0.2) is 4.79 Å². The number of carbonyl (C=O) groups is 3. The van der Waals surface area contributed by atoms with E-state index < -0.39 is 23.3 Å². The van der Waals surface area contributed by atoms with Crippen LogP contribution >= 0.6 is 0 Å². The van der Waals surface area contributed by atoms with E-state index in [2.05, 4.69) is 10.6 Å². The highest BCUT2D eigenvalue weighted by atomic mass is 16.4. The number of hydrogen-bond donors (Lipinski definition) is 3. The van der Waals surface area contributed by atoms with Crippen molar-refractivity contribution in [2.45, 2.75) is 33.6 Å². The van der Waals surface area contributed by atoms with Crippen LogP contribution in [0.25, 0.3) is 0 Å². The van der Waals surface area contributed by atoms with Gasteiger partial charge in [-0.05, 0) is 12.3 Å². The molecule has 0 fully saturated rings. The fourth-order valence-corrected chi connectivity index (χ4v) is 1.28. The Morgan fingerprint density at radius 2 is 1.75 bits per heavy atom. The average Bonchev–Trinajstić information content (AvgIpc) is 1.98. The molecule has 0 unspecified atom stereocenters. The SMILES string of the molecule is CCNC(=O)NC(=O)CC(C)(C)CC(=O)O. The quantitative estimate of drug-likeness (QED) is 0.648. The van der Waals surface area contributed by atoms with Crippen molar-refractivity contribution >= 4 is 17.9 Å². The highest BCUT2D eigenvalue weighted by Crippen LogP contribution is 2.24. The molecule has 0 heterocycles. The molecular formula is C10H18N2O4. The fourth-order valence-electron chi connectivity index (χ4n) is 1.28. The van der Waals surface area contributed by atoms with Crippen molar-refractivity contribution in [2.24, 2.45) is 5.41 Å². The number of aliphatic carboxylic acids is 1. The van der Waals surface area contributed by atoms with Crippen molar-refractivity contribution < 1.29 is 19.5 Å². The lowest BCUT2D eigenvalue weighted by Crippen LogP contribution is -2.41. The van der Waals surface area contributed by atoms with Crippen LogP contribution in [0.15, 0.2) is 0 Å². The molecule has 16 heavy (non-hydrogen) atoms. The largest absolute Gasteiger partial charge is 0.481 e. The fraction of sp³-hybridized carbons (Fsp3) is 0.700. The van der Waals surface area contributed by atoms with E-state index in [0.717, 1.165) is 0 Å². The molecule has 0 atom stereocenters. The number of hydrogen-bond acceptors (Lipinski definition) is 3. The van der Waals surface area contributed by atoms with Crippen LogP contribution in [0, 0.1) is 5.41 Å². The lowest BCUT2D eigenvalue weighted by Gasteiger charge is -2.21. The minimum Gasteiger partial charge on any atom is -0.481 e. The maximum absolute atomic E-state index is 11.4. The molecular weight excluding hydrogens is 212 g/mol. The van der Waals surface area contributed by atoms with Crippen LogP contribution in [0.1, 0.15) is 33.6 Å². The Hall–Kier alpha value is -1.59. The van der Waals surface area contributed by atoms with Crippen LogP contribution in [-0.2, 0) is 9.59 Å². The van der Waals surface area contributed by atoms with Gasteiger partial charge in [0.2, 0.25) is 5.91 Å². The lowest BCUT2D eigenvalue weighted by atomic mass is 9.85. The van der Waals surface area contributed by atoms with E-state index in [-0.39, 0.29) is 12.8 Å². The van der Waals surface area contributed by atoms with Gasteiger partial charge >= 0.3 is 12.0 Å². The Morgan fingerprint density at radius 1 is 1.19 bits per heavy atom. The van der Waals surface area contributed by atoms with E-state index in [9.17, 15) is 14.4 Å². The maximum Gasteiger partial charge on any atom is 0.321 e. The normalized spacial score (nSPS) is 10.7. The molecule has 0 bridgehead atoms. The van der Waals surface area contributed by atoms with E-state index in [1.165, 1.54) is 0 Å². The molecule has 92 valence electrons. The number of carboxylic acid groups (broad SMARTS) is 1. The van der Waals surface area contributed by atoms with Crippen LogP contribution in [0.3, 0.4) is 0 Å². The van der Waals surface area contributed by atoms with Gasteiger partial charge in [-0.2, -0.15) is 0 Å². The molecule has 6 nitrogen and oxygen atoms in total. The number of carbonyl (C=O) groups excluding carboxylic acids is 2. The maximum atomic E-state index is 11.4. The van der Waals surface area contributed by atoms with Crippen molar-refractivity contribution in [3.05, 3.63) is 0 Å². The molecule has 6 heteroatoms. The molecule has 0 spiro atoms. The van der Waals surface area contributed by atoms with Gasteiger partial charge in [-0.3, -0.25) is 14.9 Å². The van der Waals surface area contributed by atoms with E-state index in [1.807, 2.05) is 0 Å².